The molecule has 1 rings (SSSR count). The minimum atomic E-state index is 0.331. The van der Waals surface area contributed by atoms with E-state index in [0.717, 1.165) is 12.2 Å². The van der Waals surface area contributed by atoms with Crippen LogP contribution in [0.1, 0.15) is 24.2 Å². The summed E-state index contributed by atoms with van der Waals surface area (Å²) in [5.41, 5.74) is 7.74. The van der Waals surface area contributed by atoms with Crippen molar-refractivity contribution >= 4 is 0 Å². The molecule has 1 atom stereocenters. The summed E-state index contributed by atoms with van der Waals surface area (Å²) in [6.07, 6.45) is 2.05. The van der Waals surface area contributed by atoms with Crippen molar-refractivity contribution in [3.8, 4) is 0 Å². The lowest BCUT2D eigenvalue weighted by Crippen LogP contribution is -2.25. The summed E-state index contributed by atoms with van der Waals surface area (Å²) in [6, 6.07) is 0.331. The zero-order valence-corrected chi connectivity index (χ0v) is 8.54. The minimum Gasteiger partial charge on any atom is -0.329 e. The maximum Gasteiger partial charge on any atom is 0.0641 e. The predicted molar refractivity (Wildman–Crippen MR) is 53.4 cm³/mol. The molecule has 0 bridgehead atoms. The lowest BCUT2D eigenvalue weighted by Gasteiger charge is -2.11. The van der Waals surface area contributed by atoms with Gasteiger partial charge in [0.1, 0.15) is 0 Å². The maximum atomic E-state index is 5.41. The van der Waals surface area contributed by atoms with E-state index < -0.39 is 0 Å². The quantitative estimate of drug-likeness (QED) is 0.706. The van der Waals surface area contributed by atoms with E-state index in [1.54, 1.807) is 0 Å². The monoisotopic (exact) mass is 182 g/mol. The molecule has 0 aliphatic rings. The standard InChI is InChI=1S/C9H18N4/c1-7(11-5-4-10)9-6-13(3)12-8(9)2/h6-7,11H,4-5,10H2,1-3H3. The Kier molecular flexibility index (Phi) is 3.45. The van der Waals surface area contributed by atoms with E-state index in [0.29, 0.717) is 12.6 Å². The van der Waals surface area contributed by atoms with Gasteiger partial charge in [0.2, 0.25) is 0 Å². The van der Waals surface area contributed by atoms with E-state index >= 15 is 0 Å². The molecule has 4 heteroatoms. The van der Waals surface area contributed by atoms with Crippen molar-refractivity contribution in [2.75, 3.05) is 13.1 Å². The summed E-state index contributed by atoms with van der Waals surface area (Å²) in [6.45, 7) is 5.66. The van der Waals surface area contributed by atoms with Crippen molar-refractivity contribution in [3.05, 3.63) is 17.5 Å². The molecule has 1 aromatic heterocycles. The fraction of sp³-hybridized carbons (Fsp3) is 0.667. The molecular weight excluding hydrogens is 164 g/mol. The highest BCUT2D eigenvalue weighted by Crippen LogP contribution is 2.14. The van der Waals surface area contributed by atoms with Crippen LogP contribution in [-0.2, 0) is 7.05 Å². The second kappa shape index (κ2) is 4.39. The molecule has 13 heavy (non-hydrogen) atoms. The summed E-state index contributed by atoms with van der Waals surface area (Å²) in [5.74, 6) is 0. The highest BCUT2D eigenvalue weighted by Gasteiger charge is 2.09. The van der Waals surface area contributed by atoms with Gasteiger partial charge in [-0.25, -0.2) is 0 Å². The number of nitrogens with zero attached hydrogens (tertiary/aromatic N) is 2. The highest BCUT2D eigenvalue weighted by atomic mass is 15.3. The minimum absolute atomic E-state index is 0.331. The Morgan fingerprint density at radius 2 is 2.38 bits per heavy atom. The first-order chi connectivity index (χ1) is 6.15. The molecule has 1 aromatic rings. The normalized spacial score (nSPS) is 13.2. The molecule has 0 aliphatic carbocycles. The van der Waals surface area contributed by atoms with Crippen LogP contribution in [0.5, 0.6) is 0 Å². The predicted octanol–water partition coefficient (Wildman–Crippen LogP) is 0.338. The van der Waals surface area contributed by atoms with E-state index in [2.05, 4.69) is 17.3 Å². The van der Waals surface area contributed by atoms with Crippen molar-refractivity contribution in [1.29, 1.82) is 0 Å². The number of rotatable bonds is 4. The van der Waals surface area contributed by atoms with Gasteiger partial charge in [0.25, 0.3) is 0 Å². The van der Waals surface area contributed by atoms with Crippen LogP contribution >= 0.6 is 0 Å². The third-order valence-corrected chi connectivity index (χ3v) is 2.11. The van der Waals surface area contributed by atoms with Gasteiger partial charge in [-0.1, -0.05) is 0 Å². The number of hydrogen-bond donors (Lipinski definition) is 2. The molecule has 0 radical (unpaired) electrons. The van der Waals surface area contributed by atoms with Gasteiger partial charge in [0.05, 0.1) is 5.69 Å². The Hall–Kier alpha value is -0.870. The molecule has 0 spiro atoms. The first kappa shape index (κ1) is 10.2. The average Bonchev–Trinajstić information content (AvgIpc) is 2.41. The number of nitrogens with one attached hydrogen (secondary N) is 1. The molecule has 0 amide bonds. The van der Waals surface area contributed by atoms with Crippen LogP contribution in [0.2, 0.25) is 0 Å². The van der Waals surface area contributed by atoms with E-state index in [1.165, 1.54) is 5.56 Å². The first-order valence-corrected chi connectivity index (χ1v) is 4.58. The van der Waals surface area contributed by atoms with Crippen LogP contribution in [0, 0.1) is 6.92 Å². The fourth-order valence-corrected chi connectivity index (χ4v) is 1.45. The van der Waals surface area contributed by atoms with Gasteiger partial charge in [-0.3, -0.25) is 4.68 Å². The molecule has 1 heterocycles. The molecule has 0 fully saturated rings. The van der Waals surface area contributed by atoms with Crippen LogP contribution in [0.15, 0.2) is 6.20 Å². The van der Waals surface area contributed by atoms with Crippen LogP contribution in [0.4, 0.5) is 0 Å². The molecule has 1 unspecified atom stereocenters. The summed E-state index contributed by atoms with van der Waals surface area (Å²) < 4.78 is 1.84. The van der Waals surface area contributed by atoms with Gasteiger partial charge in [-0.15, -0.1) is 0 Å². The van der Waals surface area contributed by atoms with E-state index in [4.69, 9.17) is 5.73 Å². The van der Waals surface area contributed by atoms with Gasteiger partial charge in [0.15, 0.2) is 0 Å². The Bertz CT molecular complexity index is 267. The third-order valence-electron chi connectivity index (χ3n) is 2.11. The molecule has 4 nitrogen and oxygen atoms in total. The summed E-state index contributed by atoms with van der Waals surface area (Å²) in [5, 5.41) is 7.61. The summed E-state index contributed by atoms with van der Waals surface area (Å²) >= 11 is 0. The molecule has 0 aliphatic heterocycles. The molecule has 0 saturated heterocycles. The summed E-state index contributed by atoms with van der Waals surface area (Å²) in [4.78, 5) is 0. The van der Waals surface area contributed by atoms with Crippen molar-refractivity contribution in [2.45, 2.75) is 19.9 Å². The SMILES string of the molecule is Cc1nn(C)cc1C(C)NCCN. The van der Waals surface area contributed by atoms with Crippen molar-refractivity contribution < 1.29 is 0 Å². The molecular formula is C9H18N4. The fourth-order valence-electron chi connectivity index (χ4n) is 1.45. The largest absolute Gasteiger partial charge is 0.329 e. The van der Waals surface area contributed by atoms with Crippen LogP contribution in [0.25, 0.3) is 0 Å². The van der Waals surface area contributed by atoms with E-state index in [9.17, 15) is 0 Å². The molecule has 3 N–H and O–H groups in total. The number of nitrogens with two attached hydrogens (primary N) is 1. The second-order valence-electron chi connectivity index (χ2n) is 3.31. The van der Waals surface area contributed by atoms with Gasteiger partial charge >= 0.3 is 0 Å². The van der Waals surface area contributed by atoms with Crippen molar-refractivity contribution in [3.63, 3.8) is 0 Å². The van der Waals surface area contributed by atoms with E-state index in [-0.39, 0.29) is 0 Å². The Balaban J connectivity index is 2.64. The van der Waals surface area contributed by atoms with Gasteiger partial charge in [-0.2, -0.15) is 5.10 Å². The lowest BCUT2D eigenvalue weighted by molar-refractivity contribution is 0.579. The topological polar surface area (TPSA) is 55.9 Å². The Morgan fingerprint density at radius 1 is 1.69 bits per heavy atom. The number of hydrogen-bond acceptors (Lipinski definition) is 3. The number of aryl methyl sites for hydroxylation is 2. The van der Waals surface area contributed by atoms with Crippen molar-refractivity contribution in [1.82, 2.24) is 15.1 Å². The zero-order valence-electron chi connectivity index (χ0n) is 8.54. The van der Waals surface area contributed by atoms with Crippen LogP contribution in [-0.4, -0.2) is 22.9 Å². The zero-order chi connectivity index (χ0) is 9.84. The van der Waals surface area contributed by atoms with Crippen molar-refractivity contribution in [2.24, 2.45) is 12.8 Å². The average molecular weight is 182 g/mol. The molecule has 0 aromatic carbocycles. The molecule has 0 saturated carbocycles. The lowest BCUT2D eigenvalue weighted by atomic mass is 10.1. The van der Waals surface area contributed by atoms with Gasteiger partial charge in [-0.05, 0) is 13.8 Å². The maximum absolute atomic E-state index is 5.41. The van der Waals surface area contributed by atoms with Crippen LogP contribution < -0.4 is 11.1 Å². The highest BCUT2D eigenvalue weighted by molar-refractivity contribution is 5.19. The Morgan fingerprint density at radius 3 is 2.85 bits per heavy atom. The number of aromatic nitrogens is 2. The van der Waals surface area contributed by atoms with E-state index in [1.807, 2.05) is 24.9 Å². The molecule has 74 valence electrons. The first-order valence-electron chi connectivity index (χ1n) is 4.58. The van der Waals surface area contributed by atoms with Crippen LogP contribution in [0.3, 0.4) is 0 Å². The summed E-state index contributed by atoms with van der Waals surface area (Å²) in [7, 11) is 1.94. The Labute approximate surface area is 79.1 Å². The van der Waals surface area contributed by atoms with Gasteiger partial charge < -0.3 is 11.1 Å². The van der Waals surface area contributed by atoms with Gasteiger partial charge in [0, 0.05) is 37.9 Å². The second-order valence-corrected chi connectivity index (χ2v) is 3.31. The third kappa shape index (κ3) is 2.54. The smallest absolute Gasteiger partial charge is 0.0641 e.